The maximum Gasteiger partial charge on any atom is 0.195 e. The first-order valence-corrected chi connectivity index (χ1v) is 4.91. The average molecular weight is 201 g/mol. The lowest BCUT2D eigenvalue weighted by molar-refractivity contribution is 0.959. The van der Waals surface area contributed by atoms with Gasteiger partial charge in [-0.15, -0.1) is 0 Å². The molecule has 0 radical (unpaired) electrons. The number of aliphatic imine (C=N–C) groups is 1. The summed E-state index contributed by atoms with van der Waals surface area (Å²) in [4.78, 5) is 11.6. The normalized spacial score (nSPS) is 15.1. The number of para-hydroxylation sites is 1. The van der Waals surface area contributed by atoms with Crippen LogP contribution in [0, 0.1) is 0 Å². The fraction of sp³-hybridized carbons (Fsp3) is 0.200. The first-order valence-electron chi connectivity index (χ1n) is 4.91. The van der Waals surface area contributed by atoms with E-state index in [9.17, 15) is 0 Å². The molecule has 0 saturated carbocycles. The van der Waals surface area contributed by atoms with Crippen molar-refractivity contribution in [3.05, 3.63) is 24.5 Å². The van der Waals surface area contributed by atoms with Gasteiger partial charge in [-0.1, -0.05) is 6.07 Å². The smallest absolute Gasteiger partial charge is 0.195 e. The third-order valence-corrected chi connectivity index (χ3v) is 2.38. The van der Waals surface area contributed by atoms with E-state index < -0.39 is 0 Å². The Balaban J connectivity index is 1.99. The average Bonchev–Trinajstić information content (AvgIpc) is 2.87. The molecule has 0 unspecified atom stereocenters. The third kappa shape index (κ3) is 1.41. The number of anilines is 1. The maximum atomic E-state index is 4.28. The van der Waals surface area contributed by atoms with Gasteiger partial charge in [0.2, 0.25) is 0 Å². The number of aromatic nitrogens is 2. The number of guanidine groups is 1. The number of rotatable bonds is 1. The van der Waals surface area contributed by atoms with E-state index in [1.54, 1.807) is 6.33 Å². The van der Waals surface area contributed by atoms with Crippen molar-refractivity contribution in [2.45, 2.75) is 0 Å². The quantitative estimate of drug-likeness (QED) is 0.643. The first-order chi connectivity index (χ1) is 7.43. The summed E-state index contributed by atoms with van der Waals surface area (Å²) in [7, 11) is 0. The van der Waals surface area contributed by atoms with E-state index in [2.05, 4.69) is 25.6 Å². The van der Waals surface area contributed by atoms with Crippen LogP contribution in [0.4, 0.5) is 5.69 Å². The summed E-state index contributed by atoms with van der Waals surface area (Å²) in [5.74, 6) is 0.825. The summed E-state index contributed by atoms with van der Waals surface area (Å²) in [6, 6.07) is 5.97. The minimum Gasteiger partial charge on any atom is -0.354 e. The van der Waals surface area contributed by atoms with Crippen molar-refractivity contribution < 1.29 is 0 Å². The van der Waals surface area contributed by atoms with Crippen LogP contribution in [-0.2, 0) is 0 Å². The minimum atomic E-state index is 0.825. The number of H-pyrrole nitrogens is 1. The van der Waals surface area contributed by atoms with E-state index in [0.717, 1.165) is 35.8 Å². The lowest BCUT2D eigenvalue weighted by Crippen LogP contribution is -2.26. The van der Waals surface area contributed by atoms with E-state index in [1.165, 1.54) is 0 Å². The molecule has 0 amide bonds. The summed E-state index contributed by atoms with van der Waals surface area (Å²) < 4.78 is 0. The van der Waals surface area contributed by atoms with Gasteiger partial charge in [0, 0.05) is 6.54 Å². The number of hydrogen-bond acceptors (Lipinski definition) is 4. The van der Waals surface area contributed by atoms with Gasteiger partial charge in [-0.25, -0.2) is 4.98 Å². The second-order valence-corrected chi connectivity index (χ2v) is 3.39. The number of nitrogens with one attached hydrogen (secondary N) is 3. The summed E-state index contributed by atoms with van der Waals surface area (Å²) >= 11 is 0. The Hall–Kier alpha value is -2.04. The zero-order valence-corrected chi connectivity index (χ0v) is 8.12. The Kier molecular flexibility index (Phi) is 1.81. The van der Waals surface area contributed by atoms with Crippen LogP contribution in [0.3, 0.4) is 0 Å². The van der Waals surface area contributed by atoms with Crippen molar-refractivity contribution in [2.75, 3.05) is 18.4 Å². The SMILES string of the molecule is c1cc(NC2=NCCN2)c2nc[nH]c2c1. The van der Waals surface area contributed by atoms with Gasteiger partial charge in [0.25, 0.3) is 0 Å². The van der Waals surface area contributed by atoms with Crippen LogP contribution in [0.25, 0.3) is 11.0 Å². The molecular formula is C10H11N5. The standard InChI is InChI=1S/C10H11N5/c1-2-7-9(14-6-13-7)8(3-1)15-10-11-4-5-12-10/h1-3,6H,4-5H2,(H,13,14)(H2,11,12,15). The number of imidazole rings is 1. The van der Waals surface area contributed by atoms with Crippen molar-refractivity contribution in [2.24, 2.45) is 4.99 Å². The van der Waals surface area contributed by atoms with Crippen molar-refractivity contribution >= 4 is 22.7 Å². The number of fused-ring (bicyclic) bond motifs is 1. The van der Waals surface area contributed by atoms with E-state index in [1.807, 2.05) is 18.2 Å². The first kappa shape index (κ1) is 8.28. The van der Waals surface area contributed by atoms with Crippen LogP contribution >= 0.6 is 0 Å². The minimum absolute atomic E-state index is 0.825. The highest BCUT2D eigenvalue weighted by Crippen LogP contribution is 2.19. The van der Waals surface area contributed by atoms with Crippen molar-refractivity contribution in [1.82, 2.24) is 15.3 Å². The molecule has 3 N–H and O–H groups in total. The Labute approximate surface area is 86.6 Å². The molecule has 0 aliphatic carbocycles. The Morgan fingerprint density at radius 2 is 2.33 bits per heavy atom. The van der Waals surface area contributed by atoms with Crippen LogP contribution in [0.2, 0.25) is 0 Å². The van der Waals surface area contributed by atoms with Crippen molar-refractivity contribution in [3.8, 4) is 0 Å². The molecule has 5 heteroatoms. The molecule has 76 valence electrons. The summed E-state index contributed by atoms with van der Waals surface area (Å²) in [5.41, 5.74) is 2.94. The molecule has 1 aromatic heterocycles. The molecule has 0 atom stereocenters. The lowest BCUT2D eigenvalue weighted by Gasteiger charge is -2.06. The van der Waals surface area contributed by atoms with Gasteiger partial charge in [-0.05, 0) is 12.1 Å². The maximum absolute atomic E-state index is 4.28. The van der Waals surface area contributed by atoms with Crippen molar-refractivity contribution in [1.29, 1.82) is 0 Å². The van der Waals surface area contributed by atoms with E-state index in [4.69, 9.17) is 0 Å². The van der Waals surface area contributed by atoms with Crippen LogP contribution in [0.1, 0.15) is 0 Å². The fourth-order valence-electron chi connectivity index (χ4n) is 1.68. The molecule has 3 rings (SSSR count). The molecule has 0 bridgehead atoms. The van der Waals surface area contributed by atoms with Gasteiger partial charge >= 0.3 is 0 Å². The second kappa shape index (κ2) is 3.27. The molecular weight excluding hydrogens is 190 g/mol. The molecule has 1 aromatic carbocycles. The number of aromatic amines is 1. The van der Waals surface area contributed by atoms with E-state index >= 15 is 0 Å². The number of hydrogen-bond donors (Lipinski definition) is 3. The third-order valence-electron chi connectivity index (χ3n) is 2.38. The highest BCUT2D eigenvalue weighted by Gasteiger charge is 2.08. The van der Waals surface area contributed by atoms with Crippen LogP contribution < -0.4 is 10.6 Å². The molecule has 0 spiro atoms. The molecule has 1 aliphatic heterocycles. The summed E-state index contributed by atoms with van der Waals surface area (Å²) in [5, 5.41) is 6.39. The molecule has 15 heavy (non-hydrogen) atoms. The molecule has 0 fully saturated rings. The fourth-order valence-corrected chi connectivity index (χ4v) is 1.68. The highest BCUT2D eigenvalue weighted by molar-refractivity contribution is 6.01. The molecule has 2 aromatic rings. The zero-order chi connectivity index (χ0) is 10.1. The molecule has 1 aliphatic rings. The predicted octanol–water partition coefficient (Wildman–Crippen LogP) is 0.934. The molecule has 5 nitrogen and oxygen atoms in total. The van der Waals surface area contributed by atoms with Crippen molar-refractivity contribution in [3.63, 3.8) is 0 Å². The Bertz CT molecular complexity index is 513. The van der Waals surface area contributed by atoms with Gasteiger partial charge in [-0.2, -0.15) is 0 Å². The van der Waals surface area contributed by atoms with Crippen LogP contribution in [-0.4, -0.2) is 29.0 Å². The van der Waals surface area contributed by atoms with Crippen LogP contribution in [0.5, 0.6) is 0 Å². The Morgan fingerprint density at radius 1 is 1.33 bits per heavy atom. The van der Waals surface area contributed by atoms with Gasteiger partial charge in [-0.3, -0.25) is 4.99 Å². The van der Waals surface area contributed by atoms with E-state index in [0.29, 0.717) is 0 Å². The molecule has 2 heterocycles. The predicted molar refractivity (Wildman–Crippen MR) is 60.0 cm³/mol. The molecule has 0 saturated heterocycles. The highest BCUT2D eigenvalue weighted by atomic mass is 15.2. The summed E-state index contributed by atoms with van der Waals surface area (Å²) in [6.45, 7) is 1.73. The largest absolute Gasteiger partial charge is 0.354 e. The van der Waals surface area contributed by atoms with Gasteiger partial charge in [0.05, 0.1) is 24.1 Å². The monoisotopic (exact) mass is 201 g/mol. The van der Waals surface area contributed by atoms with Crippen LogP contribution in [0.15, 0.2) is 29.5 Å². The Morgan fingerprint density at radius 3 is 3.20 bits per heavy atom. The summed E-state index contributed by atoms with van der Waals surface area (Å²) in [6.07, 6.45) is 1.69. The van der Waals surface area contributed by atoms with E-state index in [-0.39, 0.29) is 0 Å². The van der Waals surface area contributed by atoms with Gasteiger partial charge in [0.1, 0.15) is 5.52 Å². The zero-order valence-electron chi connectivity index (χ0n) is 8.12. The second-order valence-electron chi connectivity index (χ2n) is 3.39. The number of nitrogens with zero attached hydrogens (tertiary/aromatic N) is 2. The van der Waals surface area contributed by atoms with Gasteiger partial charge < -0.3 is 15.6 Å². The number of benzene rings is 1. The van der Waals surface area contributed by atoms with Gasteiger partial charge in [0.15, 0.2) is 5.96 Å². The topological polar surface area (TPSA) is 65.1 Å². The lowest BCUT2D eigenvalue weighted by atomic mass is 10.2.